The molecule has 0 bridgehead atoms. The standard InChI is InChI=1S/C24H25N3O3S2/c1-18(24(28)26-22-12-6-5-11-21(22)19-9-3-2-4-10-19)31-23-14-13-20(17-25-23)32(29,30)27-15-7-8-16-27/h2-6,9-14,17-18H,7-8,15-16H2,1H3,(H,26,28). The third kappa shape index (κ3) is 5.03. The van der Waals surface area contributed by atoms with E-state index in [9.17, 15) is 13.2 Å². The van der Waals surface area contributed by atoms with Crippen LogP contribution >= 0.6 is 11.8 Å². The molecule has 8 heteroatoms. The van der Waals surface area contributed by atoms with E-state index in [0.29, 0.717) is 18.1 Å². The van der Waals surface area contributed by atoms with E-state index < -0.39 is 15.3 Å². The van der Waals surface area contributed by atoms with Crippen LogP contribution in [-0.2, 0) is 14.8 Å². The van der Waals surface area contributed by atoms with Crippen molar-refractivity contribution in [3.63, 3.8) is 0 Å². The molecule has 1 saturated heterocycles. The molecule has 1 atom stereocenters. The molecule has 1 aliphatic heterocycles. The highest BCUT2D eigenvalue weighted by Gasteiger charge is 2.27. The molecule has 2 aromatic carbocycles. The summed E-state index contributed by atoms with van der Waals surface area (Å²) in [6.07, 6.45) is 3.16. The minimum atomic E-state index is -3.49. The van der Waals surface area contributed by atoms with Crippen molar-refractivity contribution in [2.75, 3.05) is 18.4 Å². The van der Waals surface area contributed by atoms with Gasteiger partial charge in [0.05, 0.1) is 10.3 Å². The van der Waals surface area contributed by atoms with Crippen LogP contribution in [0.5, 0.6) is 0 Å². The number of anilines is 1. The largest absolute Gasteiger partial charge is 0.325 e. The average molecular weight is 468 g/mol. The molecule has 0 aliphatic carbocycles. The highest BCUT2D eigenvalue weighted by atomic mass is 32.2. The van der Waals surface area contributed by atoms with Gasteiger partial charge in [0.1, 0.15) is 4.90 Å². The summed E-state index contributed by atoms with van der Waals surface area (Å²) in [4.78, 5) is 17.3. The number of sulfonamides is 1. The summed E-state index contributed by atoms with van der Waals surface area (Å²) in [5.74, 6) is -0.144. The molecule has 2 heterocycles. The molecule has 1 aromatic heterocycles. The molecule has 3 aromatic rings. The van der Waals surface area contributed by atoms with Gasteiger partial charge in [-0.05, 0) is 43.5 Å². The minimum Gasteiger partial charge on any atom is -0.325 e. The lowest BCUT2D eigenvalue weighted by molar-refractivity contribution is -0.115. The van der Waals surface area contributed by atoms with Crippen molar-refractivity contribution in [1.29, 1.82) is 0 Å². The molecular formula is C24H25N3O3S2. The normalized spacial score (nSPS) is 15.4. The van der Waals surface area contributed by atoms with Gasteiger partial charge in [0.15, 0.2) is 0 Å². The number of carbonyl (C=O) groups is 1. The van der Waals surface area contributed by atoms with Gasteiger partial charge in [0, 0.05) is 30.5 Å². The van der Waals surface area contributed by atoms with E-state index >= 15 is 0 Å². The maximum absolute atomic E-state index is 12.8. The van der Waals surface area contributed by atoms with Crippen LogP contribution < -0.4 is 5.32 Å². The van der Waals surface area contributed by atoms with Gasteiger partial charge in [-0.1, -0.05) is 60.3 Å². The Morgan fingerprint density at radius 2 is 1.69 bits per heavy atom. The van der Waals surface area contributed by atoms with Gasteiger partial charge in [-0.3, -0.25) is 4.79 Å². The topological polar surface area (TPSA) is 79.4 Å². The Balaban J connectivity index is 1.43. The van der Waals surface area contributed by atoms with Crippen LogP contribution in [0.3, 0.4) is 0 Å². The number of nitrogens with one attached hydrogen (secondary N) is 1. The molecule has 0 saturated carbocycles. The number of amides is 1. The Labute approximate surface area is 193 Å². The third-order valence-electron chi connectivity index (χ3n) is 5.35. The number of carbonyl (C=O) groups excluding carboxylic acids is 1. The molecule has 4 rings (SSSR count). The fraction of sp³-hybridized carbons (Fsp3) is 0.250. The molecule has 166 valence electrons. The zero-order valence-corrected chi connectivity index (χ0v) is 19.4. The van der Waals surface area contributed by atoms with E-state index in [0.717, 1.165) is 29.7 Å². The maximum atomic E-state index is 12.8. The van der Waals surface area contributed by atoms with E-state index in [-0.39, 0.29) is 10.8 Å². The Kier molecular flexibility index (Phi) is 6.93. The zero-order chi connectivity index (χ0) is 22.6. The number of aromatic nitrogens is 1. The molecule has 1 unspecified atom stereocenters. The number of pyridine rings is 1. The monoisotopic (exact) mass is 467 g/mol. The second kappa shape index (κ2) is 9.85. The minimum absolute atomic E-state index is 0.144. The highest BCUT2D eigenvalue weighted by Crippen LogP contribution is 2.29. The first kappa shape index (κ1) is 22.5. The number of hydrogen-bond acceptors (Lipinski definition) is 5. The van der Waals surface area contributed by atoms with Gasteiger partial charge >= 0.3 is 0 Å². The summed E-state index contributed by atoms with van der Waals surface area (Å²) < 4.78 is 26.8. The van der Waals surface area contributed by atoms with Crippen LogP contribution in [0.2, 0.25) is 0 Å². The molecule has 0 spiro atoms. The van der Waals surface area contributed by atoms with E-state index in [4.69, 9.17) is 0 Å². The summed E-state index contributed by atoms with van der Waals surface area (Å²) in [5, 5.41) is 3.20. The molecule has 1 N–H and O–H groups in total. The van der Waals surface area contributed by atoms with Crippen molar-refractivity contribution in [2.45, 2.75) is 34.9 Å². The molecule has 6 nitrogen and oxygen atoms in total. The van der Waals surface area contributed by atoms with Gasteiger partial charge in [-0.2, -0.15) is 4.31 Å². The molecule has 1 aliphatic rings. The number of hydrogen-bond donors (Lipinski definition) is 1. The van der Waals surface area contributed by atoms with Crippen molar-refractivity contribution < 1.29 is 13.2 Å². The van der Waals surface area contributed by atoms with Crippen molar-refractivity contribution >= 4 is 33.4 Å². The maximum Gasteiger partial charge on any atom is 0.244 e. The van der Waals surface area contributed by atoms with Crippen LogP contribution in [0, 0.1) is 0 Å². The second-order valence-electron chi connectivity index (χ2n) is 7.60. The van der Waals surface area contributed by atoms with E-state index in [1.54, 1.807) is 12.1 Å². The van der Waals surface area contributed by atoms with E-state index in [2.05, 4.69) is 10.3 Å². The summed E-state index contributed by atoms with van der Waals surface area (Å²) >= 11 is 1.29. The van der Waals surface area contributed by atoms with Crippen LogP contribution in [0.15, 0.2) is 82.8 Å². The Bertz CT molecular complexity index is 1180. The van der Waals surface area contributed by atoms with Gasteiger partial charge in [-0.15, -0.1) is 0 Å². The first-order chi connectivity index (χ1) is 15.4. The van der Waals surface area contributed by atoms with Crippen molar-refractivity contribution in [3.05, 3.63) is 72.9 Å². The quantitative estimate of drug-likeness (QED) is 0.512. The molecular weight excluding hydrogens is 442 g/mol. The zero-order valence-electron chi connectivity index (χ0n) is 17.8. The lowest BCUT2D eigenvalue weighted by Gasteiger charge is -2.16. The van der Waals surface area contributed by atoms with E-state index in [1.807, 2.05) is 61.5 Å². The summed E-state index contributed by atoms with van der Waals surface area (Å²) in [7, 11) is -3.49. The number of para-hydroxylation sites is 1. The third-order valence-corrected chi connectivity index (χ3v) is 8.28. The van der Waals surface area contributed by atoms with Gasteiger partial charge < -0.3 is 5.32 Å². The number of nitrogens with zero attached hydrogens (tertiary/aromatic N) is 2. The van der Waals surface area contributed by atoms with Gasteiger partial charge in [0.2, 0.25) is 15.9 Å². The van der Waals surface area contributed by atoms with Gasteiger partial charge in [-0.25, -0.2) is 13.4 Å². The fourth-order valence-electron chi connectivity index (χ4n) is 3.60. The second-order valence-corrected chi connectivity index (χ2v) is 10.9. The van der Waals surface area contributed by atoms with Crippen LogP contribution in [0.4, 0.5) is 5.69 Å². The van der Waals surface area contributed by atoms with Crippen molar-refractivity contribution in [2.24, 2.45) is 0 Å². The molecule has 1 fully saturated rings. The highest BCUT2D eigenvalue weighted by molar-refractivity contribution is 8.00. The Morgan fingerprint density at radius 3 is 2.38 bits per heavy atom. The van der Waals surface area contributed by atoms with Crippen LogP contribution in [0.25, 0.3) is 11.1 Å². The fourth-order valence-corrected chi connectivity index (χ4v) is 5.85. The Morgan fingerprint density at radius 1 is 1.00 bits per heavy atom. The molecule has 32 heavy (non-hydrogen) atoms. The lowest BCUT2D eigenvalue weighted by Crippen LogP contribution is -2.28. The number of rotatable bonds is 7. The smallest absolute Gasteiger partial charge is 0.244 e. The summed E-state index contributed by atoms with van der Waals surface area (Å²) in [6.45, 7) is 2.92. The predicted octanol–water partition coefficient (Wildman–Crippen LogP) is 4.65. The van der Waals surface area contributed by atoms with Crippen molar-refractivity contribution in [1.82, 2.24) is 9.29 Å². The lowest BCUT2D eigenvalue weighted by atomic mass is 10.0. The van der Waals surface area contributed by atoms with Gasteiger partial charge in [0.25, 0.3) is 0 Å². The summed E-state index contributed by atoms with van der Waals surface area (Å²) in [5.41, 5.74) is 2.73. The van der Waals surface area contributed by atoms with Crippen LogP contribution in [-0.4, -0.2) is 42.0 Å². The summed E-state index contributed by atoms with van der Waals surface area (Å²) in [6, 6.07) is 20.8. The van der Waals surface area contributed by atoms with Crippen LogP contribution in [0.1, 0.15) is 19.8 Å². The number of thioether (sulfide) groups is 1. The van der Waals surface area contributed by atoms with E-state index in [1.165, 1.54) is 22.3 Å². The average Bonchev–Trinajstić information content (AvgIpc) is 3.36. The first-order valence-electron chi connectivity index (χ1n) is 10.5. The Hall–Kier alpha value is -2.68. The SMILES string of the molecule is CC(Sc1ccc(S(=O)(=O)N2CCCC2)cn1)C(=O)Nc1ccccc1-c1ccccc1. The predicted molar refractivity (Wildman–Crippen MR) is 128 cm³/mol. The molecule has 1 amide bonds. The first-order valence-corrected chi connectivity index (χ1v) is 12.9. The van der Waals surface area contributed by atoms with Crippen molar-refractivity contribution in [3.8, 4) is 11.1 Å². The molecule has 0 radical (unpaired) electrons. The number of benzene rings is 2.